The van der Waals surface area contributed by atoms with Gasteiger partial charge in [0, 0.05) is 37.7 Å². The Morgan fingerprint density at radius 3 is 2.53 bits per heavy atom. The van der Waals surface area contributed by atoms with E-state index in [9.17, 15) is 14.7 Å². The molecule has 9 nitrogen and oxygen atoms in total. The van der Waals surface area contributed by atoms with E-state index in [1.165, 1.54) is 0 Å². The molecule has 9 heteroatoms. The zero-order valence-electron chi connectivity index (χ0n) is 21.8. The van der Waals surface area contributed by atoms with Gasteiger partial charge in [0.25, 0.3) is 5.91 Å². The SMILES string of the molecule is CCOCC1=CC(OC)=C(c2ccc(C[C@H](NC(=O)C3=Nc4ccccc4C3N)C(=O)O)cc2)C(OC)C1. The number of allylic oxidation sites excluding steroid dienone is 1. The van der Waals surface area contributed by atoms with Gasteiger partial charge >= 0.3 is 5.97 Å². The van der Waals surface area contributed by atoms with Crippen molar-refractivity contribution in [2.75, 3.05) is 27.4 Å². The fraction of sp³-hybridized carbons (Fsp3) is 0.345. The normalized spacial score (nSPS) is 19.4. The predicted molar refractivity (Wildman–Crippen MR) is 144 cm³/mol. The summed E-state index contributed by atoms with van der Waals surface area (Å²) in [5, 5.41) is 12.4. The van der Waals surface area contributed by atoms with Crippen molar-refractivity contribution in [1.29, 1.82) is 0 Å². The number of aliphatic carboxylic acids is 1. The molecule has 0 saturated heterocycles. The van der Waals surface area contributed by atoms with Crippen LogP contribution in [-0.4, -0.2) is 62.3 Å². The topological polar surface area (TPSA) is 132 Å². The molecule has 0 bridgehead atoms. The molecule has 3 atom stereocenters. The van der Waals surface area contributed by atoms with Crippen LogP contribution in [0.25, 0.3) is 5.57 Å². The van der Waals surface area contributed by atoms with Crippen LogP contribution in [0.4, 0.5) is 5.69 Å². The van der Waals surface area contributed by atoms with E-state index in [1.54, 1.807) is 26.4 Å². The van der Waals surface area contributed by atoms with E-state index in [2.05, 4.69) is 10.3 Å². The van der Waals surface area contributed by atoms with Crippen molar-refractivity contribution in [2.45, 2.75) is 38.0 Å². The average Bonchev–Trinajstić information content (AvgIpc) is 3.27. The summed E-state index contributed by atoms with van der Waals surface area (Å²) in [5.74, 6) is -1.03. The Morgan fingerprint density at radius 1 is 1.16 bits per heavy atom. The maximum Gasteiger partial charge on any atom is 0.326 e. The molecule has 0 saturated carbocycles. The highest BCUT2D eigenvalue weighted by molar-refractivity contribution is 6.42. The van der Waals surface area contributed by atoms with Crippen LogP contribution >= 0.6 is 0 Å². The number of carbonyl (C=O) groups is 2. The Hall–Kier alpha value is -3.79. The summed E-state index contributed by atoms with van der Waals surface area (Å²) in [6, 6.07) is 12.9. The van der Waals surface area contributed by atoms with Crippen LogP contribution in [0.2, 0.25) is 0 Å². The fourth-order valence-corrected chi connectivity index (χ4v) is 4.73. The Bertz CT molecular complexity index is 1280. The summed E-state index contributed by atoms with van der Waals surface area (Å²) in [6.45, 7) is 3.09. The molecule has 1 aliphatic heterocycles. The van der Waals surface area contributed by atoms with Gasteiger partial charge < -0.3 is 30.4 Å². The average molecular weight is 520 g/mol. The van der Waals surface area contributed by atoms with Gasteiger partial charge in [-0.3, -0.25) is 4.79 Å². The fourth-order valence-electron chi connectivity index (χ4n) is 4.73. The lowest BCUT2D eigenvalue weighted by molar-refractivity contribution is -0.141. The molecule has 2 aromatic carbocycles. The maximum absolute atomic E-state index is 12.9. The quantitative estimate of drug-likeness (QED) is 0.415. The molecule has 200 valence electrons. The molecule has 1 aliphatic carbocycles. The van der Waals surface area contributed by atoms with Crippen LogP contribution in [0.3, 0.4) is 0 Å². The molecule has 2 aromatic rings. The van der Waals surface area contributed by atoms with Crippen molar-refractivity contribution in [3.63, 3.8) is 0 Å². The van der Waals surface area contributed by atoms with Crippen LogP contribution in [0.1, 0.15) is 36.1 Å². The van der Waals surface area contributed by atoms with Crippen LogP contribution in [0.15, 0.2) is 70.9 Å². The van der Waals surface area contributed by atoms with Crippen molar-refractivity contribution in [2.24, 2.45) is 10.7 Å². The molecule has 4 rings (SSSR count). The third-order valence-corrected chi connectivity index (χ3v) is 6.71. The lowest BCUT2D eigenvalue weighted by Crippen LogP contribution is -2.46. The minimum absolute atomic E-state index is 0.0963. The molecule has 2 unspecified atom stereocenters. The highest BCUT2D eigenvalue weighted by Gasteiger charge is 2.31. The number of nitrogens with zero attached hydrogens (tertiary/aromatic N) is 1. The summed E-state index contributed by atoms with van der Waals surface area (Å²) in [5.41, 5.74) is 11.3. The van der Waals surface area contributed by atoms with E-state index < -0.39 is 24.0 Å². The van der Waals surface area contributed by atoms with Gasteiger partial charge in [-0.05, 0) is 35.8 Å². The molecule has 1 heterocycles. The molecule has 0 aromatic heterocycles. The van der Waals surface area contributed by atoms with Crippen LogP contribution in [-0.2, 0) is 30.2 Å². The van der Waals surface area contributed by atoms with E-state index in [1.807, 2.05) is 49.4 Å². The number of carbonyl (C=O) groups excluding carboxylic acids is 1. The van der Waals surface area contributed by atoms with Crippen molar-refractivity contribution in [3.05, 3.63) is 82.6 Å². The maximum atomic E-state index is 12.9. The molecular weight excluding hydrogens is 486 g/mol. The van der Waals surface area contributed by atoms with Crippen molar-refractivity contribution >= 4 is 28.8 Å². The highest BCUT2D eigenvalue weighted by Crippen LogP contribution is 2.35. The van der Waals surface area contributed by atoms with Crippen molar-refractivity contribution < 1.29 is 28.9 Å². The molecular formula is C29H33N3O6. The number of rotatable bonds is 11. The summed E-state index contributed by atoms with van der Waals surface area (Å²) in [7, 11) is 3.28. The number of hydrogen-bond donors (Lipinski definition) is 3. The van der Waals surface area contributed by atoms with Gasteiger partial charge in [-0.1, -0.05) is 42.5 Å². The smallest absolute Gasteiger partial charge is 0.326 e. The number of para-hydroxylation sites is 1. The summed E-state index contributed by atoms with van der Waals surface area (Å²) in [4.78, 5) is 29.2. The lowest BCUT2D eigenvalue weighted by atomic mass is 9.88. The van der Waals surface area contributed by atoms with E-state index >= 15 is 0 Å². The standard InChI is InChI=1S/C29H33N3O6/c1-4-38-16-18-14-23(36-2)25(24(15-18)37-3)19-11-9-17(10-12-19)13-22(29(34)35)32-28(33)27-26(30)20-7-5-6-8-21(20)31-27/h5-12,14,22,24,26H,4,13,15-16,30H2,1-3H3,(H,32,33)(H,34,35)/t22-,24?,26?/m0/s1. The number of benzene rings is 2. The molecule has 38 heavy (non-hydrogen) atoms. The van der Waals surface area contributed by atoms with E-state index in [0.29, 0.717) is 31.1 Å². The summed E-state index contributed by atoms with van der Waals surface area (Å²) < 4.78 is 17.0. The number of carboxylic acids is 1. The number of ether oxygens (including phenoxy) is 3. The third-order valence-electron chi connectivity index (χ3n) is 6.71. The first-order chi connectivity index (χ1) is 18.4. The Labute approximate surface area is 222 Å². The first-order valence-corrected chi connectivity index (χ1v) is 12.5. The number of carboxylic acid groups (broad SMARTS) is 1. The molecule has 0 radical (unpaired) electrons. The van der Waals surface area contributed by atoms with Crippen molar-refractivity contribution in [1.82, 2.24) is 5.32 Å². The second kappa shape index (κ2) is 12.2. The third kappa shape index (κ3) is 5.85. The number of fused-ring (bicyclic) bond motifs is 1. The second-order valence-electron chi connectivity index (χ2n) is 9.15. The molecule has 4 N–H and O–H groups in total. The van der Waals surface area contributed by atoms with Gasteiger partial charge in [-0.15, -0.1) is 0 Å². The first kappa shape index (κ1) is 27.3. The van der Waals surface area contributed by atoms with Crippen LogP contribution < -0.4 is 11.1 Å². The van der Waals surface area contributed by atoms with Gasteiger partial charge in [0.05, 0.1) is 31.5 Å². The Kier molecular flexibility index (Phi) is 8.73. The van der Waals surface area contributed by atoms with Gasteiger partial charge in [0.15, 0.2) is 0 Å². The van der Waals surface area contributed by atoms with Crippen LogP contribution in [0.5, 0.6) is 0 Å². The van der Waals surface area contributed by atoms with Crippen LogP contribution in [0, 0.1) is 0 Å². The zero-order valence-corrected chi connectivity index (χ0v) is 21.8. The van der Waals surface area contributed by atoms with Gasteiger partial charge in [-0.2, -0.15) is 0 Å². The van der Waals surface area contributed by atoms with E-state index in [-0.39, 0.29) is 18.2 Å². The molecule has 0 spiro atoms. The monoisotopic (exact) mass is 519 g/mol. The molecule has 1 amide bonds. The summed E-state index contributed by atoms with van der Waals surface area (Å²) >= 11 is 0. The number of amides is 1. The molecule has 0 fully saturated rings. The number of methoxy groups -OCH3 is 2. The zero-order chi connectivity index (χ0) is 27.2. The van der Waals surface area contributed by atoms with Gasteiger partial charge in [0.2, 0.25) is 0 Å². The van der Waals surface area contributed by atoms with E-state index in [0.717, 1.165) is 27.8 Å². The highest BCUT2D eigenvalue weighted by atomic mass is 16.5. The molecule has 2 aliphatic rings. The largest absolute Gasteiger partial charge is 0.496 e. The van der Waals surface area contributed by atoms with E-state index in [4.69, 9.17) is 19.9 Å². The Balaban J connectivity index is 1.49. The Morgan fingerprint density at radius 2 is 1.89 bits per heavy atom. The number of nitrogens with two attached hydrogens (primary N) is 1. The number of aliphatic imine (C=N–C) groups is 1. The predicted octanol–water partition coefficient (Wildman–Crippen LogP) is 3.32. The number of nitrogens with one attached hydrogen (secondary N) is 1. The van der Waals surface area contributed by atoms with Gasteiger partial charge in [0.1, 0.15) is 17.5 Å². The van der Waals surface area contributed by atoms with Gasteiger partial charge in [-0.25, -0.2) is 9.79 Å². The summed E-state index contributed by atoms with van der Waals surface area (Å²) in [6.07, 6.45) is 2.56. The number of hydrogen-bond acceptors (Lipinski definition) is 7. The lowest BCUT2D eigenvalue weighted by Gasteiger charge is -2.27. The second-order valence-corrected chi connectivity index (χ2v) is 9.15. The minimum atomic E-state index is -1.15. The minimum Gasteiger partial charge on any atom is -0.496 e. The first-order valence-electron chi connectivity index (χ1n) is 12.5. The van der Waals surface area contributed by atoms with Crippen molar-refractivity contribution in [3.8, 4) is 0 Å².